The third kappa shape index (κ3) is 5.08. The number of carbonyl (C=O) groups excluding carboxylic acids is 1. The molecule has 1 atom stereocenters. The van der Waals surface area contributed by atoms with Crippen molar-refractivity contribution in [2.45, 2.75) is 38.9 Å². The molecule has 0 radical (unpaired) electrons. The van der Waals surface area contributed by atoms with Gasteiger partial charge in [-0.05, 0) is 67.3 Å². The van der Waals surface area contributed by atoms with Crippen LogP contribution in [0.25, 0.3) is 10.8 Å². The van der Waals surface area contributed by atoms with E-state index in [1.54, 1.807) is 30.3 Å². The Morgan fingerprint density at radius 3 is 2.45 bits per heavy atom. The summed E-state index contributed by atoms with van der Waals surface area (Å²) in [5.41, 5.74) is -0.178. The van der Waals surface area contributed by atoms with Crippen LogP contribution in [-0.4, -0.2) is 11.9 Å². The Morgan fingerprint density at radius 2 is 1.79 bits per heavy atom. The van der Waals surface area contributed by atoms with Crippen LogP contribution in [0.1, 0.15) is 42.6 Å². The highest BCUT2D eigenvalue weighted by atomic mass is 19.4. The van der Waals surface area contributed by atoms with E-state index < -0.39 is 11.7 Å². The van der Waals surface area contributed by atoms with Crippen LogP contribution in [0.2, 0.25) is 0 Å². The number of hydrogen-bond acceptors (Lipinski definition) is 2. The molecule has 3 aromatic carbocycles. The van der Waals surface area contributed by atoms with E-state index in [9.17, 15) is 18.0 Å². The number of hydrogen-bond donors (Lipinski definition) is 1. The summed E-state index contributed by atoms with van der Waals surface area (Å²) in [6, 6.07) is 15.3. The molecule has 6 heteroatoms. The van der Waals surface area contributed by atoms with Crippen LogP contribution in [0.5, 0.6) is 11.5 Å². The van der Waals surface area contributed by atoms with Gasteiger partial charge in [-0.1, -0.05) is 25.5 Å². The summed E-state index contributed by atoms with van der Waals surface area (Å²) in [4.78, 5) is 12.4. The molecule has 3 rings (SSSR count). The smallest absolute Gasteiger partial charge is 0.416 e. The molecule has 3 aromatic rings. The average Bonchev–Trinajstić information content (AvgIpc) is 2.67. The summed E-state index contributed by atoms with van der Waals surface area (Å²) in [6.45, 7) is 4.04. The molecule has 152 valence electrons. The molecule has 0 aliphatic heterocycles. The number of benzene rings is 3. The lowest BCUT2D eigenvalue weighted by Gasteiger charge is -2.14. The van der Waals surface area contributed by atoms with E-state index in [4.69, 9.17) is 4.74 Å². The van der Waals surface area contributed by atoms with Crippen molar-refractivity contribution < 1.29 is 22.7 Å². The van der Waals surface area contributed by atoms with Crippen LogP contribution in [0.4, 0.5) is 13.2 Å². The maximum atomic E-state index is 12.7. The Bertz CT molecular complexity index is 997. The van der Waals surface area contributed by atoms with E-state index in [0.717, 1.165) is 35.7 Å². The summed E-state index contributed by atoms with van der Waals surface area (Å²) in [5, 5.41) is 4.55. The average molecular weight is 401 g/mol. The molecule has 29 heavy (non-hydrogen) atoms. The van der Waals surface area contributed by atoms with Crippen molar-refractivity contribution in [3.05, 3.63) is 71.8 Å². The molecule has 1 N–H and O–H groups in total. The van der Waals surface area contributed by atoms with Gasteiger partial charge in [-0.15, -0.1) is 0 Å². The molecular weight excluding hydrogens is 379 g/mol. The minimum Gasteiger partial charge on any atom is -0.457 e. The quantitative estimate of drug-likeness (QED) is 0.507. The van der Waals surface area contributed by atoms with Crippen LogP contribution >= 0.6 is 0 Å². The molecule has 0 bridgehead atoms. The maximum Gasteiger partial charge on any atom is 0.416 e. The zero-order valence-corrected chi connectivity index (χ0v) is 16.2. The number of ether oxygens (including phenoxy) is 1. The predicted molar refractivity (Wildman–Crippen MR) is 107 cm³/mol. The summed E-state index contributed by atoms with van der Waals surface area (Å²) >= 11 is 0. The van der Waals surface area contributed by atoms with Gasteiger partial charge in [-0.2, -0.15) is 13.2 Å². The summed E-state index contributed by atoms with van der Waals surface area (Å²) in [6.07, 6.45) is -2.49. The van der Waals surface area contributed by atoms with Crippen molar-refractivity contribution in [2.24, 2.45) is 0 Å². The van der Waals surface area contributed by atoms with Crippen LogP contribution in [-0.2, 0) is 6.18 Å². The molecule has 0 spiro atoms. The molecule has 0 unspecified atom stereocenters. The van der Waals surface area contributed by atoms with E-state index in [1.807, 2.05) is 13.0 Å². The summed E-state index contributed by atoms with van der Waals surface area (Å²) in [7, 11) is 0. The second kappa shape index (κ2) is 8.55. The number of halogens is 3. The first-order valence-electron chi connectivity index (χ1n) is 9.46. The third-order valence-electron chi connectivity index (χ3n) is 4.61. The molecule has 0 aliphatic carbocycles. The van der Waals surface area contributed by atoms with E-state index >= 15 is 0 Å². The molecule has 0 aliphatic rings. The van der Waals surface area contributed by atoms with Crippen LogP contribution in [0.15, 0.2) is 60.7 Å². The number of fused-ring (bicyclic) bond motifs is 1. The van der Waals surface area contributed by atoms with Gasteiger partial charge in [0.25, 0.3) is 5.91 Å². The van der Waals surface area contributed by atoms with Gasteiger partial charge in [-0.25, -0.2) is 0 Å². The zero-order valence-electron chi connectivity index (χ0n) is 16.2. The van der Waals surface area contributed by atoms with Gasteiger partial charge in [0.2, 0.25) is 0 Å². The van der Waals surface area contributed by atoms with Crippen molar-refractivity contribution in [3.8, 4) is 11.5 Å². The number of carbonyl (C=O) groups is 1. The summed E-state index contributed by atoms with van der Waals surface area (Å²) < 4.78 is 43.9. The van der Waals surface area contributed by atoms with Crippen LogP contribution in [0, 0.1) is 0 Å². The lowest BCUT2D eigenvalue weighted by atomic mass is 10.1. The Morgan fingerprint density at radius 1 is 1.07 bits per heavy atom. The third-order valence-corrected chi connectivity index (χ3v) is 4.61. The molecule has 0 heterocycles. The Kier molecular flexibility index (Phi) is 6.11. The number of alkyl halides is 3. The minimum absolute atomic E-state index is 0.0949. The van der Waals surface area contributed by atoms with Gasteiger partial charge < -0.3 is 10.1 Å². The van der Waals surface area contributed by atoms with Crippen molar-refractivity contribution in [2.75, 3.05) is 0 Å². The van der Waals surface area contributed by atoms with Gasteiger partial charge >= 0.3 is 6.18 Å². The Labute approximate surface area is 167 Å². The topological polar surface area (TPSA) is 38.3 Å². The largest absolute Gasteiger partial charge is 0.457 e. The highest BCUT2D eigenvalue weighted by Crippen LogP contribution is 2.33. The van der Waals surface area contributed by atoms with Crippen LogP contribution in [0.3, 0.4) is 0 Å². The van der Waals surface area contributed by atoms with E-state index in [-0.39, 0.29) is 11.9 Å². The standard InChI is InChI=1S/C23H22F3NO2/c1-3-5-15(2)27-22(28)17-8-13-20-16(14-17)6-4-7-21(20)29-19-11-9-18(10-12-19)23(24,25)26/h4,6-15H,3,5H2,1-2H3,(H,27,28)/t15-/m0/s1. The SMILES string of the molecule is CCC[C@H](C)NC(=O)c1ccc2c(Oc3ccc(C(F)(F)F)cc3)cccc2c1. The van der Waals surface area contributed by atoms with Gasteiger partial charge in [0, 0.05) is 17.0 Å². The molecular formula is C23H22F3NO2. The first-order valence-corrected chi connectivity index (χ1v) is 9.46. The summed E-state index contributed by atoms with van der Waals surface area (Å²) in [5.74, 6) is 0.677. The fraction of sp³-hybridized carbons (Fsp3) is 0.261. The molecule has 0 fully saturated rings. The highest BCUT2D eigenvalue weighted by molar-refractivity contribution is 6.00. The molecule has 0 aromatic heterocycles. The lowest BCUT2D eigenvalue weighted by Crippen LogP contribution is -2.32. The van der Waals surface area contributed by atoms with E-state index in [2.05, 4.69) is 12.2 Å². The number of amides is 1. The molecule has 0 saturated heterocycles. The van der Waals surface area contributed by atoms with E-state index in [0.29, 0.717) is 17.1 Å². The minimum atomic E-state index is -4.39. The van der Waals surface area contributed by atoms with Gasteiger partial charge in [0.1, 0.15) is 11.5 Å². The Balaban J connectivity index is 1.82. The van der Waals surface area contributed by atoms with E-state index in [1.165, 1.54) is 12.1 Å². The molecule has 3 nitrogen and oxygen atoms in total. The van der Waals surface area contributed by atoms with Crippen molar-refractivity contribution in [1.29, 1.82) is 0 Å². The van der Waals surface area contributed by atoms with Gasteiger partial charge in [-0.3, -0.25) is 4.79 Å². The van der Waals surface area contributed by atoms with Crippen molar-refractivity contribution in [1.82, 2.24) is 5.32 Å². The molecule has 1 amide bonds. The first-order chi connectivity index (χ1) is 13.8. The first kappa shape index (κ1) is 20.7. The number of nitrogens with one attached hydrogen (secondary N) is 1. The zero-order chi connectivity index (χ0) is 21.0. The fourth-order valence-corrected chi connectivity index (χ4v) is 3.14. The number of rotatable bonds is 6. The monoisotopic (exact) mass is 401 g/mol. The van der Waals surface area contributed by atoms with Gasteiger partial charge in [0.15, 0.2) is 0 Å². The second-order valence-electron chi connectivity index (χ2n) is 6.98. The van der Waals surface area contributed by atoms with Gasteiger partial charge in [0.05, 0.1) is 5.56 Å². The maximum absolute atomic E-state index is 12.7. The predicted octanol–water partition coefficient (Wildman–Crippen LogP) is 6.57. The lowest BCUT2D eigenvalue weighted by molar-refractivity contribution is -0.137. The second-order valence-corrected chi connectivity index (χ2v) is 6.98. The highest BCUT2D eigenvalue weighted by Gasteiger charge is 2.30. The van der Waals surface area contributed by atoms with Crippen molar-refractivity contribution in [3.63, 3.8) is 0 Å². The van der Waals surface area contributed by atoms with Crippen molar-refractivity contribution >= 4 is 16.7 Å². The molecule has 0 saturated carbocycles. The Hall–Kier alpha value is -3.02. The fourth-order valence-electron chi connectivity index (χ4n) is 3.14. The van der Waals surface area contributed by atoms with Crippen LogP contribution < -0.4 is 10.1 Å². The normalized spacial score (nSPS) is 12.6.